The van der Waals surface area contributed by atoms with Crippen LogP contribution in [0.15, 0.2) is 22.7 Å². The van der Waals surface area contributed by atoms with E-state index in [0.29, 0.717) is 16.6 Å². The number of nitrogens with zero attached hydrogens (tertiary/aromatic N) is 3. The summed E-state index contributed by atoms with van der Waals surface area (Å²) in [6, 6.07) is 5.61. The van der Waals surface area contributed by atoms with Crippen LogP contribution in [0.4, 0.5) is 0 Å². The number of hydrogen-bond donors (Lipinski definition) is 0. The second-order valence-electron chi connectivity index (χ2n) is 9.86. The second-order valence-corrected chi connectivity index (χ2v) is 16.6. The molecule has 166 valence electrons. The first-order chi connectivity index (χ1) is 14.7. The van der Waals surface area contributed by atoms with Crippen LogP contribution in [0.25, 0.3) is 10.6 Å². The van der Waals surface area contributed by atoms with E-state index in [1.54, 1.807) is 4.90 Å². The smallest absolute Gasteiger partial charge is 0.235 e. The Morgan fingerprint density at radius 1 is 1.23 bits per heavy atom. The van der Waals surface area contributed by atoms with Gasteiger partial charge in [-0.05, 0) is 37.9 Å². The molecule has 0 radical (unpaired) electrons. The number of aromatic nitrogens is 1. The van der Waals surface area contributed by atoms with Gasteiger partial charge in [0.05, 0.1) is 33.3 Å². The Kier molecular flexibility index (Phi) is 5.53. The van der Waals surface area contributed by atoms with Gasteiger partial charge in [0.15, 0.2) is 5.76 Å². The summed E-state index contributed by atoms with van der Waals surface area (Å²) in [5.41, 5.74) is 0.752. The molecule has 0 bridgehead atoms. The first kappa shape index (κ1) is 21.6. The third-order valence-corrected chi connectivity index (χ3v) is 9.71. The number of fused-ring (bicyclic) bond motifs is 3. The van der Waals surface area contributed by atoms with Gasteiger partial charge in [-0.15, -0.1) is 11.3 Å². The third-order valence-electron chi connectivity index (χ3n) is 6.80. The molecular formula is C22H28ClN3O3PS+. The van der Waals surface area contributed by atoms with E-state index in [1.165, 1.54) is 11.3 Å². The minimum absolute atomic E-state index is 0.0228. The number of rotatable bonds is 6. The highest BCUT2D eigenvalue weighted by Crippen LogP contribution is 2.53. The van der Waals surface area contributed by atoms with Crippen LogP contribution < -0.4 is 0 Å². The predicted octanol–water partition coefficient (Wildman–Crippen LogP) is 4.47. The van der Waals surface area contributed by atoms with Gasteiger partial charge < -0.3 is 4.52 Å². The van der Waals surface area contributed by atoms with Crippen LogP contribution in [0, 0.1) is 11.8 Å². The molecule has 0 N–H and O–H groups in total. The fourth-order valence-electron chi connectivity index (χ4n) is 5.53. The molecule has 0 aromatic carbocycles. The third kappa shape index (κ3) is 3.78. The summed E-state index contributed by atoms with van der Waals surface area (Å²) in [6.45, 7) is 8.32. The molecule has 9 heteroatoms. The number of amides is 2. The number of likely N-dealkylation sites (tertiary alicyclic amines) is 1. The zero-order chi connectivity index (χ0) is 21.9. The number of halogens is 1. The van der Waals surface area contributed by atoms with Crippen LogP contribution in [0.5, 0.6) is 0 Å². The van der Waals surface area contributed by atoms with Crippen molar-refractivity contribution in [2.45, 2.75) is 31.3 Å². The Labute approximate surface area is 192 Å². The molecule has 3 aliphatic heterocycles. The van der Waals surface area contributed by atoms with E-state index >= 15 is 0 Å². The summed E-state index contributed by atoms with van der Waals surface area (Å²) in [6.07, 6.45) is 3.99. The fourth-order valence-corrected chi connectivity index (χ4v) is 7.61. The molecule has 3 saturated heterocycles. The van der Waals surface area contributed by atoms with Crippen molar-refractivity contribution in [3.05, 3.63) is 28.2 Å². The van der Waals surface area contributed by atoms with Crippen molar-refractivity contribution in [3.63, 3.8) is 0 Å². The zero-order valence-corrected chi connectivity index (χ0v) is 20.6. The number of carbonyl (C=O) groups excluding carboxylic acids is 2. The molecule has 2 aromatic heterocycles. The second kappa shape index (κ2) is 7.95. The molecule has 3 fully saturated rings. The molecular weight excluding hydrogens is 453 g/mol. The maximum atomic E-state index is 13.5. The Bertz CT molecular complexity index is 1020. The lowest BCUT2D eigenvalue weighted by atomic mass is 9.86. The van der Waals surface area contributed by atoms with E-state index in [-0.39, 0.29) is 35.7 Å². The lowest BCUT2D eigenvalue weighted by molar-refractivity contribution is -0.141. The van der Waals surface area contributed by atoms with E-state index in [0.717, 1.165) is 42.5 Å². The van der Waals surface area contributed by atoms with Crippen molar-refractivity contribution < 1.29 is 14.1 Å². The largest absolute Gasteiger partial charge is 0.355 e. The Balaban J connectivity index is 1.42. The van der Waals surface area contributed by atoms with Crippen LogP contribution in [-0.4, -0.2) is 72.1 Å². The van der Waals surface area contributed by atoms with E-state index < -0.39 is 7.26 Å². The first-order valence-corrected chi connectivity index (χ1v) is 15.4. The molecule has 6 nitrogen and oxygen atoms in total. The highest BCUT2D eigenvalue weighted by molar-refractivity contribution is 7.73. The Hall–Kier alpha value is -1.27. The van der Waals surface area contributed by atoms with E-state index in [2.05, 4.69) is 30.1 Å². The normalized spacial score (nSPS) is 28.6. The van der Waals surface area contributed by atoms with Crippen molar-refractivity contribution in [1.29, 1.82) is 0 Å². The van der Waals surface area contributed by atoms with E-state index in [9.17, 15) is 9.59 Å². The van der Waals surface area contributed by atoms with Crippen LogP contribution in [-0.2, 0) is 9.59 Å². The maximum Gasteiger partial charge on any atom is 0.235 e. The van der Waals surface area contributed by atoms with Gasteiger partial charge in [0.25, 0.3) is 0 Å². The van der Waals surface area contributed by atoms with Gasteiger partial charge in [-0.2, -0.15) is 0 Å². The summed E-state index contributed by atoms with van der Waals surface area (Å²) in [5.74, 6) is 0.0579. The van der Waals surface area contributed by atoms with Crippen molar-refractivity contribution >= 4 is 42.0 Å². The highest BCUT2D eigenvalue weighted by atomic mass is 35.5. The lowest BCUT2D eigenvalue weighted by Crippen LogP contribution is -2.39. The number of thiophene rings is 1. The van der Waals surface area contributed by atoms with Gasteiger partial charge in [0, 0.05) is 45.9 Å². The Morgan fingerprint density at radius 2 is 2.00 bits per heavy atom. The monoisotopic (exact) mass is 480 g/mol. The predicted molar refractivity (Wildman–Crippen MR) is 125 cm³/mol. The topological polar surface area (TPSA) is 66.7 Å². The summed E-state index contributed by atoms with van der Waals surface area (Å²) in [7, 11) is -0.926. The minimum Gasteiger partial charge on any atom is -0.355 e. The van der Waals surface area contributed by atoms with Gasteiger partial charge in [-0.25, -0.2) is 0 Å². The molecule has 0 spiro atoms. The van der Waals surface area contributed by atoms with E-state index in [1.807, 2.05) is 18.2 Å². The molecule has 5 rings (SSSR count). The number of hydrogen-bond acceptors (Lipinski definition) is 6. The van der Waals surface area contributed by atoms with Crippen LogP contribution in [0.2, 0.25) is 4.34 Å². The molecule has 0 unspecified atom stereocenters. The first-order valence-electron chi connectivity index (χ1n) is 10.9. The summed E-state index contributed by atoms with van der Waals surface area (Å²) in [4.78, 5) is 31.6. The summed E-state index contributed by atoms with van der Waals surface area (Å²) < 4.78 is 6.33. The minimum atomic E-state index is -0.926. The number of imide groups is 1. The molecule has 31 heavy (non-hydrogen) atoms. The average molecular weight is 481 g/mol. The van der Waals surface area contributed by atoms with Crippen LogP contribution in [0.1, 0.15) is 31.0 Å². The zero-order valence-electron chi connectivity index (χ0n) is 18.1. The van der Waals surface area contributed by atoms with Gasteiger partial charge in [-0.1, -0.05) is 16.8 Å². The molecule has 2 aromatic rings. The molecule has 4 atom stereocenters. The lowest BCUT2D eigenvalue weighted by Gasteiger charge is -2.27. The standard InChI is InChI=1S/C22H28ClN3O3PS/c1-30(2,3)11-5-10-26-21(27)18-14-6-4-9-25(14)20(19(18)22(26)28)13-12-15(29-24-13)16-7-8-17(23)31-16/h7-8,12,14,18-20H,4-6,9-11H2,1-3H3/q+1/t14-,18-,19-,20-/m0/s1. The molecule has 0 saturated carbocycles. The average Bonchev–Trinajstić information content (AvgIpc) is 3.47. The Morgan fingerprint density at radius 3 is 2.71 bits per heavy atom. The van der Waals surface area contributed by atoms with Gasteiger partial charge in [0.2, 0.25) is 11.8 Å². The highest BCUT2D eigenvalue weighted by Gasteiger charge is 2.63. The van der Waals surface area contributed by atoms with Crippen molar-refractivity contribution in [2.75, 3.05) is 39.2 Å². The number of carbonyl (C=O) groups is 2. The molecule has 2 amide bonds. The van der Waals surface area contributed by atoms with Crippen molar-refractivity contribution in [1.82, 2.24) is 15.0 Å². The van der Waals surface area contributed by atoms with Gasteiger partial charge in [0.1, 0.15) is 5.69 Å². The summed E-state index contributed by atoms with van der Waals surface area (Å²) in [5, 5.41) is 4.35. The SMILES string of the molecule is C[P+](C)(C)CCCN1C(=O)[C@@H]2[C@H](C1=O)[C@H](c1cc(-c3ccc(Cl)s3)on1)N1CCC[C@@H]21. The van der Waals surface area contributed by atoms with Crippen molar-refractivity contribution in [3.8, 4) is 10.6 Å². The fraction of sp³-hybridized carbons (Fsp3) is 0.591. The molecule has 3 aliphatic rings. The maximum absolute atomic E-state index is 13.5. The summed E-state index contributed by atoms with van der Waals surface area (Å²) >= 11 is 7.51. The van der Waals surface area contributed by atoms with Gasteiger partial charge >= 0.3 is 0 Å². The van der Waals surface area contributed by atoms with Crippen LogP contribution >= 0.6 is 30.2 Å². The molecule has 5 heterocycles. The quantitative estimate of drug-likeness (QED) is 0.450. The molecule has 0 aliphatic carbocycles. The van der Waals surface area contributed by atoms with Crippen LogP contribution in [0.3, 0.4) is 0 Å². The van der Waals surface area contributed by atoms with Gasteiger partial charge in [-0.3, -0.25) is 19.4 Å². The van der Waals surface area contributed by atoms with Crippen molar-refractivity contribution in [2.24, 2.45) is 11.8 Å². The van der Waals surface area contributed by atoms with E-state index in [4.69, 9.17) is 16.1 Å².